The van der Waals surface area contributed by atoms with E-state index in [2.05, 4.69) is 4.72 Å². The van der Waals surface area contributed by atoms with Crippen molar-refractivity contribution in [1.29, 1.82) is 0 Å². The molecule has 0 radical (unpaired) electrons. The minimum atomic E-state index is -3.80. The van der Waals surface area contributed by atoms with Crippen LogP contribution in [0, 0.1) is 0 Å². The Morgan fingerprint density at radius 3 is 2.61 bits per heavy atom. The predicted molar refractivity (Wildman–Crippen MR) is 86.5 cm³/mol. The van der Waals surface area contributed by atoms with Crippen molar-refractivity contribution < 1.29 is 23.1 Å². The lowest BCUT2D eigenvalue weighted by Crippen LogP contribution is -2.38. The standard InChI is InChI=1S/C15H22N2O5S/c1-3-11(2)16-23(20,21)14-10-12(15(18)19)4-5-13(14)17-6-8-22-9-7-17/h4-5,10-11,16H,3,6-9H2,1-2H3,(H,18,19)/t11-/m0/s1. The number of carboxylic acids is 1. The van der Waals surface area contributed by atoms with Crippen molar-refractivity contribution in [3.05, 3.63) is 23.8 Å². The van der Waals surface area contributed by atoms with Crippen LogP contribution in [0.25, 0.3) is 0 Å². The Kier molecular flexibility index (Phi) is 5.61. The van der Waals surface area contributed by atoms with Gasteiger partial charge in [0.2, 0.25) is 10.0 Å². The molecule has 0 spiro atoms. The second kappa shape index (κ2) is 7.29. The fourth-order valence-corrected chi connectivity index (χ4v) is 3.92. The summed E-state index contributed by atoms with van der Waals surface area (Å²) in [5.74, 6) is -1.15. The van der Waals surface area contributed by atoms with Crippen molar-refractivity contribution in [2.24, 2.45) is 0 Å². The molecule has 128 valence electrons. The molecule has 1 heterocycles. The maximum atomic E-state index is 12.7. The Morgan fingerprint density at radius 2 is 2.04 bits per heavy atom. The van der Waals surface area contributed by atoms with E-state index in [1.54, 1.807) is 13.0 Å². The molecule has 0 bridgehead atoms. The zero-order valence-electron chi connectivity index (χ0n) is 13.3. The molecule has 1 aromatic carbocycles. The van der Waals surface area contributed by atoms with Crippen LogP contribution < -0.4 is 9.62 Å². The van der Waals surface area contributed by atoms with Gasteiger partial charge in [0, 0.05) is 19.1 Å². The number of morpholine rings is 1. The first-order chi connectivity index (χ1) is 10.8. The van der Waals surface area contributed by atoms with Crippen LogP contribution in [0.5, 0.6) is 0 Å². The third-order valence-corrected chi connectivity index (χ3v) is 5.44. The summed E-state index contributed by atoms with van der Waals surface area (Å²) in [6, 6.07) is 3.97. The molecule has 0 saturated carbocycles. The van der Waals surface area contributed by atoms with Crippen LogP contribution in [0.3, 0.4) is 0 Å². The monoisotopic (exact) mass is 342 g/mol. The van der Waals surface area contributed by atoms with Gasteiger partial charge in [-0.25, -0.2) is 17.9 Å². The summed E-state index contributed by atoms with van der Waals surface area (Å²) in [7, 11) is -3.80. The number of nitrogens with one attached hydrogen (secondary N) is 1. The van der Waals surface area contributed by atoms with Crippen molar-refractivity contribution in [3.63, 3.8) is 0 Å². The van der Waals surface area contributed by atoms with Gasteiger partial charge in [-0.1, -0.05) is 6.92 Å². The lowest BCUT2D eigenvalue weighted by atomic mass is 10.2. The summed E-state index contributed by atoms with van der Waals surface area (Å²) in [5, 5.41) is 9.16. The van der Waals surface area contributed by atoms with Crippen LogP contribution in [0.15, 0.2) is 23.1 Å². The summed E-state index contributed by atoms with van der Waals surface area (Å²) >= 11 is 0. The highest BCUT2D eigenvalue weighted by Crippen LogP contribution is 2.27. The van der Waals surface area contributed by atoms with E-state index in [-0.39, 0.29) is 16.5 Å². The van der Waals surface area contributed by atoms with Crippen molar-refractivity contribution in [3.8, 4) is 0 Å². The van der Waals surface area contributed by atoms with Gasteiger partial charge in [0.05, 0.1) is 24.5 Å². The summed E-state index contributed by atoms with van der Waals surface area (Å²) in [5.41, 5.74) is 0.459. The lowest BCUT2D eigenvalue weighted by molar-refractivity contribution is 0.0696. The molecule has 0 aromatic heterocycles. The van der Waals surface area contributed by atoms with Gasteiger partial charge in [-0.05, 0) is 31.5 Å². The lowest BCUT2D eigenvalue weighted by Gasteiger charge is -2.30. The Bertz CT molecular complexity index is 668. The molecule has 1 fully saturated rings. The van der Waals surface area contributed by atoms with Gasteiger partial charge in [-0.3, -0.25) is 0 Å². The molecule has 23 heavy (non-hydrogen) atoms. The largest absolute Gasteiger partial charge is 0.478 e. The van der Waals surface area contributed by atoms with Gasteiger partial charge in [0.25, 0.3) is 0 Å². The van der Waals surface area contributed by atoms with Gasteiger partial charge in [-0.2, -0.15) is 0 Å². The number of aromatic carboxylic acids is 1. The topological polar surface area (TPSA) is 95.9 Å². The fraction of sp³-hybridized carbons (Fsp3) is 0.533. The third kappa shape index (κ3) is 4.21. The number of rotatable bonds is 6. The quantitative estimate of drug-likeness (QED) is 0.809. The summed E-state index contributed by atoms with van der Waals surface area (Å²) < 4.78 is 33.2. The Hall–Kier alpha value is -1.64. The summed E-state index contributed by atoms with van der Waals surface area (Å²) in [6.07, 6.45) is 0.644. The van der Waals surface area contributed by atoms with E-state index in [0.29, 0.717) is 38.4 Å². The maximum Gasteiger partial charge on any atom is 0.335 e. The second-order valence-electron chi connectivity index (χ2n) is 5.52. The zero-order valence-corrected chi connectivity index (χ0v) is 14.1. The highest BCUT2D eigenvalue weighted by Gasteiger charge is 2.25. The van der Waals surface area contributed by atoms with Gasteiger partial charge in [0.1, 0.15) is 4.90 Å². The van der Waals surface area contributed by atoms with Crippen molar-refractivity contribution >= 4 is 21.7 Å². The Morgan fingerprint density at radius 1 is 1.39 bits per heavy atom. The first-order valence-electron chi connectivity index (χ1n) is 7.57. The van der Waals surface area contributed by atoms with Crippen LogP contribution in [0.2, 0.25) is 0 Å². The third-order valence-electron chi connectivity index (χ3n) is 3.82. The molecule has 0 aliphatic carbocycles. The molecule has 1 aliphatic heterocycles. The fourth-order valence-electron chi connectivity index (χ4n) is 2.34. The second-order valence-corrected chi connectivity index (χ2v) is 7.20. The molecule has 1 saturated heterocycles. The van der Waals surface area contributed by atoms with E-state index in [9.17, 15) is 13.2 Å². The van der Waals surface area contributed by atoms with E-state index in [1.165, 1.54) is 12.1 Å². The van der Waals surface area contributed by atoms with Gasteiger partial charge < -0.3 is 14.7 Å². The number of carboxylic acid groups (broad SMARTS) is 1. The number of nitrogens with zero attached hydrogens (tertiary/aromatic N) is 1. The molecule has 2 rings (SSSR count). The SMILES string of the molecule is CC[C@H](C)NS(=O)(=O)c1cc(C(=O)O)ccc1N1CCOCC1. The molecule has 2 N–H and O–H groups in total. The van der Waals surface area contributed by atoms with Gasteiger partial charge >= 0.3 is 5.97 Å². The molecule has 0 unspecified atom stereocenters. The Balaban J connectivity index is 2.48. The van der Waals surface area contributed by atoms with E-state index in [0.717, 1.165) is 0 Å². The van der Waals surface area contributed by atoms with Gasteiger partial charge in [-0.15, -0.1) is 0 Å². The smallest absolute Gasteiger partial charge is 0.335 e. The average Bonchev–Trinajstić information content (AvgIpc) is 2.54. The van der Waals surface area contributed by atoms with Gasteiger partial charge in [0.15, 0.2) is 0 Å². The number of benzene rings is 1. The zero-order chi connectivity index (χ0) is 17.0. The molecule has 0 amide bonds. The molecule has 1 aliphatic rings. The normalized spacial score (nSPS) is 17.0. The first kappa shape index (κ1) is 17.7. The number of ether oxygens (including phenoxy) is 1. The molecule has 7 nitrogen and oxygen atoms in total. The minimum absolute atomic E-state index is 0.000370. The summed E-state index contributed by atoms with van der Waals surface area (Å²) in [6.45, 7) is 5.81. The van der Waals surface area contributed by atoms with E-state index < -0.39 is 16.0 Å². The molecular formula is C15H22N2O5S. The number of sulfonamides is 1. The van der Waals surface area contributed by atoms with Crippen LogP contribution >= 0.6 is 0 Å². The maximum absolute atomic E-state index is 12.7. The number of carbonyl (C=O) groups is 1. The van der Waals surface area contributed by atoms with Crippen LogP contribution in [-0.2, 0) is 14.8 Å². The highest BCUT2D eigenvalue weighted by molar-refractivity contribution is 7.89. The van der Waals surface area contributed by atoms with E-state index in [1.807, 2.05) is 11.8 Å². The van der Waals surface area contributed by atoms with Crippen molar-refractivity contribution in [1.82, 2.24) is 4.72 Å². The van der Waals surface area contributed by atoms with Crippen LogP contribution in [0.4, 0.5) is 5.69 Å². The average molecular weight is 342 g/mol. The van der Waals surface area contributed by atoms with Crippen molar-refractivity contribution in [2.45, 2.75) is 31.2 Å². The van der Waals surface area contributed by atoms with Crippen molar-refractivity contribution in [2.75, 3.05) is 31.2 Å². The molecule has 1 aromatic rings. The van der Waals surface area contributed by atoms with Crippen LogP contribution in [0.1, 0.15) is 30.6 Å². The Labute approximate surface area is 136 Å². The minimum Gasteiger partial charge on any atom is -0.478 e. The van der Waals surface area contributed by atoms with E-state index in [4.69, 9.17) is 9.84 Å². The number of hydrogen-bond acceptors (Lipinski definition) is 5. The molecular weight excluding hydrogens is 320 g/mol. The molecule has 1 atom stereocenters. The molecule has 8 heteroatoms. The first-order valence-corrected chi connectivity index (χ1v) is 9.06. The van der Waals surface area contributed by atoms with Crippen LogP contribution in [-0.4, -0.2) is 51.8 Å². The van der Waals surface area contributed by atoms with E-state index >= 15 is 0 Å². The number of anilines is 1. The number of hydrogen-bond donors (Lipinski definition) is 2. The predicted octanol–water partition coefficient (Wildman–Crippen LogP) is 1.30. The highest BCUT2D eigenvalue weighted by atomic mass is 32.2. The summed E-state index contributed by atoms with van der Waals surface area (Å²) in [4.78, 5) is 13.1.